The van der Waals surface area contributed by atoms with E-state index in [4.69, 9.17) is 4.74 Å². The second-order valence-corrected chi connectivity index (χ2v) is 10.3. The van der Waals surface area contributed by atoms with E-state index >= 15 is 0 Å². The Kier molecular flexibility index (Phi) is 14.7. The number of alkyl carbamates (subject to hydrolysis) is 1. The Morgan fingerprint density at radius 2 is 1.54 bits per heavy atom. The number of benzene rings is 1. The number of phenolic OH excluding ortho intramolecular Hbond substituents is 1. The highest BCUT2D eigenvalue weighted by atomic mass is 16.6. The predicted octanol–water partition coefficient (Wildman–Crippen LogP) is 4.42. The summed E-state index contributed by atoms with van der Waals surface area (Å²) in [7, 11) is 0. The van der Waals surface area contributed by atoms with Crippen molar-refractivity contribution in [2.45, 2.75) is 104 Å². The zero-order valence-electron chi connectivity index (χ0n) is 23.2. The van der Waals surface area contributed by atoms with Crippen LogP contribution in [-0.4, -0.2) is 64.4 Å². The Balaban J connectivity index is 3.27. The van der Waals surface area contributed by atoms with Gasteiger partial charge < -0.3 is 30.5 Å². The summed E-state index contributed by atoms with van der Waals surface area (Å²) in [5.41, 5.74) is -0.251. The number of aliphatic hydroxyl groups excluding tert-OH is 1. The number of aliphatic hydroxyl groups is 1. The molecule has 0 bridgehead atoms. The highest BCUT2D eigenvalue weighted by molar-refractivity contribution is 5.92. The van der Waals surface area contributed by atoms with E-state index < -0.39 is 36.3 Å². The van der Waals surface area contributed by atoms with Gasteiger partial charge in [0.15, 0.2) is 0 Å². The van der Waals surface area contributed by atoms with Gasteiger partial charge in [0.2, 0.25) is 11.8 Å². The summed E-state index contributed by atoms with van der Waals surface area (Å²) >= 11 is 0. The lowest BCUT2D eigenvalue weighted by molar-refractivity contribution is -0.143. The monoisotopic (exact) mass is 521 g/mol. The predicted molar refractivity (Wildman–Crippen MR) is 144 cm³/mol. The fraction of sp³-hybridized carbons (Fsp3) is 0.679. The van der Waals surface area contributed by atoms with E-state index in [-0.39, 0.29) is 18.2 Å². The largest absolute Gasteiger partial charge is 0.508 e. The highest BCUT2D eigenvalue weighted by Gasteiger charge is 2.35. The molecule has 9 nitrogen and oxygen atoms in total. The number of carbonyl (C=O) groups is 3. The Morgan fingerprint density at radius 1 is 0.946 bits per heavy atom. The summed E-state index contributed by atoms with van der Waals surface area (Å²) in [5, 5.41) is 25.2. The van der Waals surface area contributed by atoms with Crippen molar-refractivity contribution in [3.8, 4) is 5.75 Å². The van der Waals surface area contributed by atoms with Crippen molar-refractivity contribution in [1.29, 1.82) is 0 Å². The number of ether oxygens (including phenoxy) is 1. The van der Waals surface area contributed by atoms with Gasteiger partial charge in [-0.25, -0.2) is 4.79 Å². The Labute approximate surface area is 222 Å². The fourth-order valence-corrected chi connectivity index (χ4v) is 3.88. The van der Waals surface area contributed by atoms with Gasteiger partial charge in [0, 0.05) is 13.1 Å². The van der Waals surface area contributed by atoms with E-state index in [9.17, 15) is 24.6 Å². The average Bonchev–Trinajstić information content (AvgIpc) is 2.83. The van der Waals surface area contributed by atoms with Gasteiger partial charge in [-0.2, -0.15) is 0 Å². The molecule has 0 heterocycles. The molecule has 2 unspecified atom stereocenters. The minimum absolute atomic E-state index is 0.0440. The number of phenols is 1. The van der Waals surface area contributed by atoms with Gasteiger partial charge in [0.25, 0.3) is 0 Å². The first-order chi connectivity index (χ1) is 17.5. The molecule has 0 radical (unpaired) electrons. The summed E-state index contributed by atoms with van der Waals surface area (Å²) in [6.45, 7) is 9.36. The zero-order chi connectivity index (χ0) is 27.8. The summed E-state index contributed by atoms with van der Waals surface area (Å²) in [4.78, 5) is 40.9. The van der Waals surface area contributed by atoms with Crippen LogP contribution in [0.2, 0.25) is 0 Å². The van der Waals surface area contributed by atoms with Crippen LogP contribution in [0.3, 0.4) is 0 Å². The van der Waals surface area contributed by atoms with Crippen molar-refractivity contribution < 1.29 is 29.3 Å². The van der Waals surface area contributed by atoms with Crippen LogP contribution in [0.1, 0.15) is 97.6 Å². The zero-order valence-corrected chi connectivity index (χ0v) is 23.2. The summed E-state index contributed by atoms with van der Waals surface area (Å²) in [6, 6.07) is 3.88. The number of amides is 3. The minimum atomic E-state index is -1.28. The number of rotatable bonds is 16. The Morgan fingerprint density at radius 3 is 2.11 bits per heavy atom. The van der Waals surface area contributed by atoms with Gasteiger partial charge in [-0.3, -0.25) is 9.59 Å². The molecular formula is C28H47N3O6. The van der Waals surface area contributed by atoms with Crippen LogP contribution in [0.25, 0.3) is 0 Å². The van der Waals surface area contributed by atoms with E-state index in [2.05, 4.69) is 17.6 Å². The van der Waals surface area contributed by atoms with Gasteiger partial charge in [-0.1, -0.05) is 64.5 Å². The van der Waals surface area contributed by atoms with Gasteiger partial charge >= 0.3 is 6.09 Å². The molecule has 1 aromatic carbocycles. The van der Waals surface area contributed by atoms with Crippen LogP contribution in [-0.2, 0) is 14.3 Å². The van der Waals surface area contributed by atoms with Crippen molar-refractivity contribution in [2.24, 2.45) is 0 Å². The topological polar surface area (TPSA) is 128 Å². The molecule has 210 valence electrons. The maximum atomic E-state index is 13.7. The number of nitrogens with one attached hydrogen (secondary N) is 2. The molecule has 0 aliphatic rings. The lowest BCUT2D eigenvalue weighted by atomic mass is 10.0. The molecule has 0 saturated heterocycles. The first-order valence-electron chi connectivity index (χ1n) is 13.5. The number of nitrogens with zero attached hydrogens (tertiary/aromatic N) is 1. The third kappa shape index (κ3) is 12.3. The smallest absolute Gasteiger partial charge is 0.408 e. The molecule has 0 aromatic heterocycles. The third-order valence-corrected chi connectivity index (χ3v) is 5.81. The number of aromatic hydroxyl groups is 1. The van der Waals surface area contributed by atoms with Gasteiger partial charge in [0.1, 0.15) is 23.4 Å². The number of hydrogen-bond donors (Lipinski definition) is 4. The first kappa shape index (κ1) is 32.2. The lowest BCUT2D eigenvalue weighted by Crippen LogP contribution is -2.54. The van der Waals surface area contributed by atoms with E-state index in [0.29, 0.717) is 18.5 Å². The molecule has 0 saturated carbocycles. The van der Waals surface area contributed by atoms with Crippen LogP contribution >= 0.6 is 0 Å². The van der Waals surface area contributed by atoms with Crippen LogP contribution in [0.15, 0.2) is 24.3 Å². The lowest BCUT2D eigenvalue weighted by Gasteiger charge is -2.34. The summed E-state index contributed by atoms with van der Waals surface area (Å²) in [5.74, 6) is -0.888. The molecule has 0 aliphatic carbocycles. The van der Waals surface area contributed by atoms with Crippen molar-refractivity contribution >= 4 is 17.9 Å². The Hall–Kier alpha value is -2.81. The molecule has 3 amide bonds. The van der Waals surface area contributed by atoms with Crippen molar-refractivity contribution in [3.63, 3.8) is 0 Å². The molecule has 37 heavy (non-hydrogen) atoms. The molecule has 0 spiro atoms. The molecule has 1 rings (SSSR count). The minimum Gasteiger partial charge on any atom is -0.508 e. The van der Waals surface area contributed by atoms with Gasteiger partial charge in [-0.15, -0.1) is 0 Å². The van der Waals surface area contributed by atoms with E-state index in [1.54, 1.807) is 32.9 Å². The maximum Gasteiger partial charge on any atom is 0.408 e. The summed E-state index contributed by atoms with van der Waals surface area (Å²) in [6.07, 6.45) is 6.79. The van der Waals surface area contributed by atoms with Gasteiger partial charge in [0.05, 0.1) is 6.61 Å². The standard InChI is InChI=1S/C28H47N3O6/c1-6-8-10-11-12-13-19-31(26(35)23(20-32)30-27(36)37-28(3,4)5)24(25(34)29-18-9-7-2)21-14-16-22(33)17-15-21/h14-17,23-24,32-33H,6-13,18-20H2,1-5H3,(H,29,34)(H,30,36). The fourth-order valence-electron chi connectivity index (χ4n) is 3.88. The quantitative estimate of drug-likeness (QED) is 0.238. The van der Waals surface area contributed by atoms with E-state index in [1.807, 2.05) is 6.92 Å². The molecule has 9 heteroatoms. The van der Waals surface area contributed by atoms with Crippen molar-refractivity contribution in [3.05, 3.63) is 29.8 Å². The molecule has 4 N–H and O–H groups in total. The van der Waals surface area contributed by atoms with Crippen LogP contribution in [0.4, 0.5) is 4.79 Å². The van der Waals surface area contributed by atoms with Crippen LogP contribution in [0.5, 0.6) is 5.75 Å². The SMILES string of the molecule is CCCCCCCCN(C(=O)C(CO)NC(=O)OC(C)(C)C)C(C(=O)NCCCC)c1ccc(O)cc1. The van der Waals surface area contributed by atoms with E-state index in [0.717, 1.165) is 44.9 Å². The number of unbranched alkanes of at least 4 members (excludes halogenated alkanes) is 6. The highest BCUT2D eigenvalue weighted by Crippen LogP contribution is 2.25. The number of hydrogen-bond acceptors (Lipinski definition) is 6. The van der Waals surface area contributed by atoms with Crippen LogP contribution in [0, 0.1) is 0 Å². The molecule has 0 fully saturated rings. The first-order valence-corrected chi connectivity index (χ1v) is 13.5. The van der Waals surface area contributed by atoms with E-state index in [1.165, 1.54) is 17.0 Å². The Bertz CT molecular complexity index is 822. The molecule has 0 aliphatic heterocycles. The normalized spacial score (nSPS) is 12.9. The molecule has 2 atom stereocenters. The van der Waals surface area contributed by atoms with Gasteiger partial charge in [-0.05, 0) is 51.3 Å². The molecule has 1 aromatic rings. The summed E-state index contributed by atoms with van der Waals surface area (Å²) < 4.78 is 5.27. The third-order valence-electron chi connectivity index (χ3n) is 5.81. The van der Waals surface area contributed by atoms with Crippen LogP contribution < -0.4 is 10.6 Å². The molecular weight excluding hydrogens is 474 g/mol. The maximum absolute atomic E-state index is 13.7. The number of carbonyl (C=O) groups excluding carboxylic acids is 3. The second kappa shape index (κ2) is 16.8. The second-order valence-electron chi connectivity index (χ2n) is 10.3. The van der Waals surface area contributed by atoms with Crippen molar-refractivity contribution in [1.82, 2.24) is 15.5 Å². The van der Waals surface area contributed by atoms with Crippen molar-refractivity contribution in [2.75, 3.05) is 19.7 Å². The average molecular weight is 522 g/mol.